The van der Waals surface area contributed by atoms with Crippen LogP contribution in [-0.4, -0.2) is 17.8 Å². The van der Waals surface area contributed by atoms with Crippen LogP contribution in [0, 0.1) is 0 Å². The second kappa shape index (κ2) is 11.1. The Morgan fingerprint density at radius 3 is 2.33 bits per heavy atom. The molecule has 146 valence electrons. The Hall–Kier alpha value is -1.80. The van der Waals surface area contributed by atoms with Gasteiger partial charge in [0, 0.05) is 20.0 Å². The van der Waals surface area contributed by atoms with E-state index in [4.69, 9.17) is 4.99 Å². The average Bonchev–Trinajstić information content (AvgIpc) is 2.81. The molecular formula is C24H33ClN2. The molecule has 1 unspecified atom stereocenters. The number of rotatable bonds is 8. The quantitative estimate of drug-likeness (QED) is 0.457. The Kier molecular flexibility index (Phi) is 8.87. The minimum atomic E-state index is 0. The van der Waals surface area contributed by atoms with E-state index in [0.29, 0.717) is 0 Å². The second-order valence-corrected chi connectivity index (χ2v) is 7.43. The Morgan fingerprint density at radius 2 is 1.56 bits per heavy atom. The smallest absolute Gasteiger partial charge is 0.102 e. The van der Waals surface area contributed by atoms with Gasteiger partial charge in [0.25, 0.3) is 0 Å². The Balaban J connectivity index is 0.00000261. The molecule has 1 heterocycles. The number of amidine groups is 1. The van der Waals surface area contributed by atoms with Gasteiger partial charge in [-0.25, -0.2) is 0 Å². The SMILES string of the molecule is CCCCCCCCC1=NC(c2ccccc2)c2ccccc2CN1C.Cl. The van der Waals surface area contributed by atoms with E-state index in [2.05, 4.69) is 73.5 Å². The molecule has 0 aliphatic carbocycles. The second-order valence-electron chi connectivity index (χ2n) is 7.43. The summed E-state index contributed by atoms with van der Waals surface area (Å²) in [4.78, 5) is 7.60. The average molecular weight is 385 g/mol. The summed E-state index contributed by atoms with van der Waals surface area (Å²) in [6.45, 7) is 3.23. The summed E-state index contributed by atoms with van der Waals surface area (Å²) in [7, 11) is 2.19. The van der Waals surface area contributed by atoms with Crippen molar-refractivity contribution in [2.45, 2.75) is 64.5 Å². The molecule has 0 amide bonds. The number of hydrogen-bond acceptors (Lipinski definition) is 2. The van der Waals surface area contributed by atoms with Gasteiger partial charge in [0.15, 0.2) is 0 Å². The molecular weight excluding hydrogens is 352 g/mol. The molecule has 0 bridgehead atoms. The molecule has 1 atom stereocenters. The van der Waals surface area contributed by atoms with E-state index >= 15 is 0 Å². The van der Waals surface area contributed by atoms with Gasteiger partial charge in [0.1, 0.15) is 11.9 Å². The minimum Gasteiger partial charge on any atom is -0.359 e. The van der Waals surface area contributed by atoms with Gasteiger partial charge in [-0.05, 0) is 23.1 Å². The zero-order valence-electron chi connectivity index (χ0n) is 16.7. The fraction of sp³-hybridized carbons (Fsp3) is 0.458. The first-order valence-corrected chi connectivity index (χ1v) is 10.2. The zero-order chi connectivity index (χ0) is 18.2. The molecule has 0 N–H and O–H groups in total. The largest absolute Gasteiger partial charge is 0.359 e. The van der Waals surface area contributed by atoms with Gasteiger partial charge < -0.3 is 4.90 Å². The lowest BCUT2D eigenvalue weighted by Gasteiger charge is -2.20. The summed E-state index contributed by atoms with van der Waals surface area (Å²) in [5, 5.41) is 0. The van der Waals surface area contributed by atoms with E-state index in [0.717, 1.165) is 13.0 Å². The maximum absolute atomic E-state index is 5.24. The number of halogens is 1. The van der Waals surface area contributed by atoms with Crippen LogP contribution >= 0.6 is 12.4 Å². The van der Waals surface area contributed by atoms with Crippen LogP contribution in [0.15, 0.2) is 59.6 Å². The van der Waals surface area contributed by atoms with Crippen LogP contribution < -0.4 is 0 Å². The third-order valence-corrected chi connectivity index (χ3v) is 5.35. The summed E-state index contributed by atoms with van der Waals surface area (Å²) >= 11 is 0. The molecule has 2 aromatic rings. The molecule has 1 aliphatic heterocycles. The molecule has 0 spiro atoms. The molecule has 1 aliphatic rings. The standard InChI is InChI=1S/C24H32N2.ClH/c1-3-4-5-6-7-11-18-23-25-24(20-14-9-8-10-15-20)22-17-13-12-16-21(22)19-26(23)2;/h8-10,12-17,24H,3-7,11,18-19H2,1-2H3;1H. The van der Waals surface area contributed by atoms with Crippen molar-refractivity contribution in [3.8, 4) is 0 Å². The molecule has 3 rings (SSSR count). The lowest BCUT2D eigenvalue weighted by molar-refractivity contribution is 0.484. The molecule has 0 radical (unpaired) electrons. The molecule has 2 aromatic carbocycles. The monoisotopic (exact) mass is 384 g/mol. The highest BCUT2D eigenvalue weighted by molar-refractivity contribution is 5.85. The van der Waals surface area contributed by atoms with Crippen LogP contribution in [0.5, 0.6) is 0 Å². The van der Waals surface area contributed by atoms with Gasteiger partial charge >= 0.3 is 0 Å². The van der Waals surface area contributed by atoms with E-state index in [-0.39, 0.29) is 18.4 Å². The van der Waals surface area contributed by atoms with E-state index in [1.54, 1.807) is 0 Å². The summed E-state index contributed by atoms with van der Waals surface area (Å²) in [5.74, 6) is 1.26. The van der Waals surface area contributed by atoms with Crippen molar-refractivity contribution in [2.75, 3.05) is 7.05 Å². The fourth-order valence-corrected chi connectivity index (χ4v) is 3.82. The van der Waals surface area contributed by atoms with E-state index in [9.17, 15) is 0 Å². The summed E-state index contributed by atoms with van der Waals surface area (Å²) in [6.07, 6.45) is 9.04. The number of hydrogen-bond donors (Lipinski definition) is 0. The van der Waals surface area contributed by atoms with Gasteiger partial charge in [0.2, 0.25) is 0 Å². The number of unbranched alkanes of at least 4 members (excludes halogenated alkanes) is 5. The van der Waals surface area contributed by atoms with E-state index < -0.39 is 0 Å². The van der Waals surface area contributed by atoms with Crippen LogP contribution in [0.1, 0.15) is 74.6 Å². The van der Waals surface area contributed by atoms with E-state index in [1.165, 1.54) is 61.1 Å². The van der Waals surface area contributed by atoms with Crippen molar-refractivity contribution in [2.24, 2.45) is 4.99 Å². The first-order valence-electron chi connectivity index (χ1n) is 10.2. The van der Waals surface area contributed by atoms with Crippen LogP contribution in [0.4, 0.5) is 0 Å². The topological polar surface area (TPSA) is 15.6 Å². The molecule has 3 heteroatoms. The van der Waals surface area contributed by atoms with Gasteiger partial charge in [-0.15, -0.1) is 12.4 Å². The van der Waals surface area contributed by atoms with Crippen molar-refractivity contribution in [3.05, 3.63) is 71.3 Å². The molecule has 0 saturated heterocycles. The van der Waals surface area contributed by atoms with Gasteiger partial charge in [-0.1, -0.05) is 93.6 Å². The third kappa shape index (κ3) is 5.84. The van der Waals surface area contributed by atoms with Crippen molar-refractivity contribution < 1.29 is 0 Å². The van der Waals surface area contributed by atoms with Crippen LogP contribution in [-0.2, 0) is 6.54 Å². The summed E-state index contributed by atoms with van der Waals surface area (Å²) in [6, 6.07) is 19.6. The highest BCUT2D eigenvalue weighted by Gasteiger charge is 2.22. The third-order valence-electron chi connectivity index (χ3n) is 5.35. The lowest BCUT2D eigenvalue weighted by atomic mass is 9.95. The number of fused-ring (bicyclic) bond motifs is 1. The molecule has 0 aromatic heterocycles. The zero-order valence-corrected chi connectivity index (χ0v) is 17.5. The summed E-state index contributed by atoms with van der Waals surface area (Å²) in [5.41, 5.74) is 4.03. The highest BCUT2D eigenvalue weighted by Crippen LogP contribution is 2.32. The maximum Gasteiger partial charge on any atom is 0.102 e. The first-order chi connectivity index (χ1) is 12.8. The molecule has 2 nitrogen and oxygen atoms in total. The Labute approximate surface area is 171 Å². The number of aliphatic imine (C=N–C) groups is 1. The first kappa shape index (κ1) is 21.5. The molecule has 0 saturated carbocycles. The van der Waals surface area contributed by atoms with Crippen molar-refractivity contribution in [3.63, 3.8) is 0 Å². The lowest BCUT2D eigenvalue weighted by Crippen LogP contribution is -2.25. The van der Waals surface area contributed by atoms with Gasteiger partial charge in [-0.3, -0.25) is 4.99 Å². The summed E-state index contributed by atoms with van der Waals surface area (Å²) < 4.78 is 0. The highest BCUT2D eigenvalue weighted by atomic mass is 35.5. The number of benzene rings is 2. The number of nitrogens with zero attached hydrogens (tertiary/aromatic N) is 2. The predicted octanol–water partition coefficient (Wildman–Crippen LogP) is 6.79. The Morgan fingerprint density at radius 1 is 0.889 bits per heavy atom. The van der Waals surface area contributed by atoms with Crippen LogP contribution in [0.3, 0.4) is 0 Å². The fourth-order valence-electron chi connectivity index (χ4n) is 3.82. The normalized spacial score (nSPS) is 16.1. The van der Waals surface area contributed by atoms with E-state index in [1.807, 2.05) is 0 Å². The predicted molar refractivity (Wildman–Crippen MR) is 119 cm³/mol. The Bertz CT molecular complexity index is 711. The van der Waals surface area contributed by atoms with Crippen LogP contribution in [0.25, 0.3) is 0 Å². The molecule has 0 fully saturated rings. The van der Waals surface area contributed by atoms with Crippen LogP contribution in [0.2, 0.25) is 0 Å². The van der Waals surface area contributed by atoms with Gasteiger partial charge in [-0.2, -0.15) is 0 Å². The van der Waals surface area contributed by atoms with Crippen molar-refractivity contribution >= 4 is 18.2 Å². The maximum atomic E-state index is 5.24. The van der Waals surface area contributed by atoms with Crippen molar-refractivity contribution in [1.29, 1.82) is 0 Å². The molecule has 27 heavy (non-hydrogen) atoms. The van der Waals surface area contributed by atoms with Gasteiger partial charge in [0.05, 0.1) is 0 Å². The minimum absolute atomic E-state index is 0. The van der Waals surface area contributed by atoms with Crippen molar-refractivity contribution in [1.82, 2.24) is 4.90 Å².